The van der Waals surface area contributed by atoms with Crippen molar-refractivity contribution in [2.75, 3.05) is 7.05 Å². The number of nitrogens with zero attached hydrogens (tertiary/aromatic N) is 1. The quantitative estimate of drug-likeness (QED) is 0.251. The van der Waals surface area contributed by atoms with Crippen molar-refractivity contribution in [2.45, 2.75) is 142 Å². The zero-order valence-corrected chi connectivity index (χ0v) is 24.1. The van der Waals surface area contributed by atoms with Crippen LogP contribution in [-0.2, 0) is 11.2 Å². The highest BCUT2D eigenvalue weighted by Crippen LogP contribution is 2.63. The molecule has 1 aromatic carbocycles. The highest BCUT2D eigenvalue weighted by atomic mass is 16.2. The summed E-state index contributed by atoms with van der Waals surface area (Å²) >= 11 is 0. The smallest absolute Gasteiger partial charge is 0.222 e. The van der Waals surface area contributed by atoms with Gasteiger partial charge in [-0.3, -0.25) is 4.79 Å². The van der Waals surface area contributed by atoms with Gasteiger partial charge in [-0.2, -0.15) is 0 Å². The van der Waals surface area contributed by atoms with Gasteiger partial charge in [0.2, 0.25) is 5.91 Å². The number of hydrogen-bond acceptors (Lipinski definition) is 1. The Kier molecular flexibility index (Phi) is 9.98. The number of fused-ring (bicyclic) bond motifs is 5. The van der Waals surface area contributed by atoms with E-state index < -0.39 is 0 Å². The summed E-state index contributed by atoms with van der Waals surface area (Å²) in [6.45, 7) is 6.83. The van der Waals surface area contributed by atoms with E-state index in [-0.39, 0.29) is 0 Å². The van der Waals surface area contributed by atoms with Crippen LogP contribution in [0.3, 0.4) is 0 Å². The van der Waals surface area contributed by atoms with E-state index in [2.05, 4.69) is 45.0 Å². The fourth-order valence-electron chi connectivity index (χ4n) is 8.51. The van der Waals surface area contributed by atoms with Gasteiger partial charge in [0.15, 0.2) is 0 Å². The second-order valence-corrected chi connectivity index (χ2v) is 13.4. The fourth-order valence-corrected chi connectivity index (χ4v) is 8.51. The summed E-state index contributed by atoms with van der Waals surface area (Å²) in [6.07, 6.45) is 22.8. The van der Waals surface area contributed by atoms with Crippen molar-refractivity contribution in [2.24, 2.45) is 23.2 Å². The van der Waals surface area contributed by atoms with E-state index in [1.54, 1.807) is 11.1 Å². The molecule has 0 radical (unpaired) electrons. The van der Waals surface area contributed by atoms with Gasteiger partial charge in [0.1, 0.15) is 0 Å². The van der Waals surface area contributed by atoms with Gasteiger partial charge in [-0.1, -0.05) is 89.0 Å². The molecule has 202 valence electrons. The molecular formula is C34H55NO. The average molecular weight is 494 g/mol. The predicted octanol–water partition coefficient (Wildman–Crippen LogP) is 9.32. The first-order valence-corrected chi connectivity index (χ1v) is 15.7. The molecule has 0 aromatic heterocycles. The largest absolute Gasteiger partial charge is 0.343 e. The minimum Gasteiger partial charge on any atom is -0.343 e. The highest BCUT2D eigenvalue weighted by molar-refractivity contribution is 5.76. The Morgan fingerprint density at radius 1 is 0.972 bits per heavy atom. The zero-order chi connectivity index (χ0) is 25.5. The molecule has 1 aromatic rings. The van der Waals surface area contributed by atoms with Gasteiger partial charge < -0.3 is 4.90 Å². The Hall–Kier alpha value is -1.31. The third kappa shape index (κ3) is 6.57. The molecule has 0 aliphatic heterocycles. The SMILES string of the molecule is CC(C)N(C)C(=O)CCCCCCCCCCC[C@H]1C[C@]2(C)CCC[C@H]2[C@@H]2CCc3ccccc3[C@@H]12. The standard InChI is InChI=1S/C34H55NO/c1-26(2)35(4)32(36)21-13-11-9-7-5-6-8-10-12-18-28-25-34(3)24-16-20-31(34)30-23-22-27-17-14-15-19-29(27)33(28)30/h14-15,17,19,26,28,30-31,33H,5-13,16,18,20-25H2,1-4H3/t28-,30-,31-,33+,34-/m0/s1. The van der Waals surface area contributed by atoms with Gasteiger partial charge in [0, 0.05) is 19.5 Å². The zero-order valence-electron chi connectivity index (χ0n) is 24.1. The topological polar surface area (TPSA) is 20.3 Å². The van der Waals surface area contributed by atoms with E-state index in [1.165, 1.54) is 96.3 Å². The Bertz CT molecular complexity index is 830. The van der Waals surface area contributed by atoms with Gasteiger partial charge in [-0.25, -0.2) is 0 Å². The van der Waals surface area contributed by atoms with Crippen molar-refractivity contribution >= 4 is 5.91 Å². The molecule has 5 atom stereocenters. The van der Waals surface area contributed by atoms with Crippen molar-refractivity contribution in [1.82, 2.24) is 4.90 Å². The van der Waals surface area contributed by atoms with Crippen LogP contribution >= 0.6 is 0 Å². The number of hydrogen-bond donors (Lipinski definition) is 0. The first-order valence-electron chi connectivity index (χ1n) is 15.7. The second kappa shape index (κ2) is 13.0. The highest BCUT2D eigenvalue weighted by Gasteiger charge is 2.53. The average Bonchev–Trinajstić information content (AvgIpc) is 3.27. The maximum Gasteiger partial charge on any atom is 0.222 e. The van der Waals surface area contributed by atoms with Gasteiger partial charge in [-0.05, 0) is 99.0 Å². The number of benzene rings is 1. The first-order chi connectivity index (χ1) is 17.4. The minimum atomic E-state index is 0.309. The molecule has 0 spiro atoms. The Morgan fingerprint density at radius 3 is 2.36 bits per heavy atom. The molecule has 0 unspecified atom stereocenters. The molecule has 0 saturated heterocycles. The summed E-state index contributed by atoms with van der Waals surface area (Å²) in [6, 6.07) is 9.81. The third-order valence-electron chi connectivity index (χ3n) is 10.7. The summed E-state index contributed by atoms with van der Waals surface area (Å²) in [5.74, 6) is 4.00. The van der Waals surface area contributed by atoms with Gasteiger partial charge >= 0.3 is 0 Å². The monoisotopic (exact) mass is 493 g/mol. The molecule has 2 fully saturated rings. The normalized spacial score (nSPS) is 29.0. The van der Waals surface area contributed by atoms with Crippen LogP contribution < -0.4 is 0 Å². The second-order valence-electron chi connectivity index (χ2n) is 13.4. The summed E-state index contributed by atoms with van der Waals surface area (Å²) < 4.78 is 0. The predicted molar refractivity (Wildman–Crippen MR) is 153 cm³/mol. The van der Waals surface area contributed by atoms with Crippen LogP contribution in [0.15, 0.2) is 24.3 Å². The van der Waals surface area contributed by atoms with Crippen molar-refractivity contribution in [3.8, 4) is 0 Å². The van der Waals surface area contributed by atoms with Crippen molar-refractivity contribution in [3.05, 3.63) is 35.4 Å². The van der Waals surface area contributed by atoms with E-state index in [4.69, 9.17) is 0 Å². The number of aryl methyl sites for hydroxylation is 1. The molecular weight excluding hydrogens is 438 g/mol. The summed E-state index contributed by atoms with van der Waals surface area (Å²) in [7, 11) is 1.93. The van der Waals surface area contributed by atoms with Crippen LogP contribution in [0.25, 0.3) is 0 Å². The molecule has 2 saturated carbocycles. The molecule has 4 rings (SSSR count). The Labute approximate surface area is 223 Å². The maximum absolute atomic E-state index is 12.1. The van der Waals surface area contributed by atoms with E-state index in [0.29, 0.717) is 17.4 Å². The number of carbonyl (C=O) groups is 1. The van der Waals surface area contributed by atoms with Gasteiger partial charge in [0.25, 0.3) is 0 Å². The molecule has 2 nitrogen and oxygen atoms in total. The fraction of sp³-hybridized carbons (Fsp3) is 0.794. The molecule has 2 heteroatoms. The molecule has 0 N–H and O–H groups in total. The van der Waals surface area contributed by atoms with Crippen molar-refractivity contribution in [3.63, 3.8) is 0 Å². The van der Waals surface area contributed by atoms with Gasteiger partial charge in [-0.15, -0.1) is 0 Å². The lowest BCUT2D eigenvalue weighted by Crippen LogP contribution is -2.44. The summed E-state index contributed by atoms with van der Waals surface area (Å²) in [5.41, 5.74) is 4.04. The lowest BCUT2D eigenvalue weighted by molar-refractivity contribution is -0.131. The van der Waals surface area contributed by atoms with Gasteiger partial charge in [0.05, 0.1) is 0 Å². The molecule has 3 aliphatic carbocycles. The van der Waals surface area contributed by atoms with Crippen LogP contribution in [0.4, 0.5) is 0 Å². The Morgan fingerprint density at radius 2 is 1.64 bits per heavy atom. The summed E-state index contributed by atoms with van der Waals surface area (Å²) in [5, 5.41) is 0. The van der Waals surface area contributed by atoms with E-state index >= 15 is 0 Å². The molecule has 36 heavy (non-hydrogen) atoms. The molecule has 0 bridgehead atoms. The first kappa shape index (κ1) is 27.7. The van der Waals surface area contributed by atoms with E-state index in [1.807, 2.05) is 11.9 Å². The van der Waals surface area contributed by atoms with Crippen LogP contribution in [0, 0.1) is 23.2 Å². The van der Waals surface area contributed by atoms with Crippen LogP contribution in [0.2, 0.25) is 0 Å². The molecule has 3 aliphatic rings. The Balaban J connectivity index is 1.14. The van der Waals surface area contributed by atoms with Crippen LogP contribution in [-0.4, -0.2) is 23.9 Å². The number of unbranched alkanes of at least 4 members (excludes halogenated alkanes) is 8. The number of amides is 1. The maximum atomic E-state index is 12.1. The molecule has 1 amide bonds. The number of carbonyl (C=O) groups excluding carboxylic acids is 1. The van der Waals surface area contributed by atoms with Crippen molar-refractivity contribution < 1.29 is 4.79 Å². The van der Waals surface area contributed by atoms with E-state index in [0.717, 1.165) is 36.5 Å². The lowest BCUT2D eigenvalue weighted by atomic mass is 9.51. The third-order valence-corrected chi connectivity index (χ3v) is 10.7. The van der Waals surface area contributed by atoms with Crippen molar-refractivity contribution in [1.29, 1.82) is 0 Å². The summed E-state index contributed by atoms with van der Waals surface area (Å²) in [4.78, 5) is 14.0. The molecule has 0 heterocycles. The van der Waals surface area contributed by atoms with Crippen LogP contribution in [0.5, 0.6) is 0 Å². The minimum absolute atomic E-state index is 0.309. The van der Waals surface area contributed by atoms with Crippen LogP contribution in [0.1, 0.15) is 141 Å². The van der Waals surface area contributed by atoms with E-state index in [9.17, 15) is 4.79 Å². The lowest BCUT2D eigenvalue weighted by Gasteiger charge is -2.53. The number of rotatable bonds is 13.